The summed E-state index contributed by atoms with van der Waals surface area (Å²) in [5.41, 5.74) is 5.15. The molecule has 214 valence electrons. The zero-order chi connectivity index (χ0) is 29.4. The van der Waals surface area contributed by atoms with Crippen molar-refractivity contribution < 1.29 is 18.0 Å². The molecule has 8 heteroatoms. The van der Waals surface area contributed by atoms with Crippen LogP contribution in [0.5, 0.6) is 0 Å². The zero-order valence-electron chi connectivity index (χ0n) is 24.3. The van der Waals surface area contributed by atoms with Gasteiger partial charge in [0, 0.05) is 19.0 Å². The number of aryl methyl sites for hydroxylation is 3. The summed E-state index contributed by atoms with van der Waals surface area (Å²) in [7, 11) is -3.80. The molecule has 3 aromatic rings. The minimum Gasteiger partial charge on any atom is -0.352 e. The molecule has 1 N–H and O–H groups in total. The van der Waals surface area contributed by atoms with Gasteiger partial charge in [0.2, 0.25) is 21.8 Å². The van der Waals surface area contributed by atoms with Crippen LogP contribution in [0.2, 0.25) is 0 Å². The fourth-order valence-corrected chi connectivity index (χ4v) is 5.34. The van der Waals surface area contributed by atoms with Crippen LogP contribution in [0.3, 0.4) is 0 Å². The highest BCUT2D eigenvalue weighted by molar-refractivity contribution is 7.92. The average molecular weight is 564 g/mol. The number of hydrogen-bond acceptors (Lipinski definition) is 4. The Bertz CT molecular complexity index is 1420. The van der Waals surface area contributed by atoms with E-state index in [0.717, 1.165) is 44.8 Å². The van der Waals surface area contributed by atoms with E-state index in [0.29, 0.717) is 12.1 Å². The van der Waals surface area contributed by atoms with Crippen LogP contribution in [-0.2, 0) is 32.6 Å². The third-order valence-electron chi connectivity index (χ3n) is 7.17. The van der Waals surface area contributed by atoms with E-state index >= 15 is 0 Å². The molecule has 7 nitrogen and oxygen atoms in total. The van der Waals surface area contributed by atoms with Gasteiger partial charge in [-0.2, -0.15) is 0 Å². The first-order chi connectivity index (χ1) is 18.9. The summed E-state index contributed by atoms with van der Waals surface area (Å²) in [6, 6.07) is 21.7. The van der Waals surface area contributed by atoms with Crippen molar-refractivity contribution >= 4 is 27.5 Å². The van der Waals surface area contributed by atoms with Gasteiger partial charge >= 0.3 is 0 Å². The largest absolute Gasteiger partial charge is 0.352 e. The lowest BCUT2D eigenvalue weighted by Crippen LogP contribution is -2.54. The van der Waals surface area contributed by atoms with Gasteiger partial charge in [-0.15, -0.1) is 0 Å². The van der Waals surface area contributed by atoms with E-state index in [1.165, 1.54) is 4.90 Å². The summed E-state index contributed by atoms with van der Waals surface area (Å²) in [5, 5.41) is 3.05. The lowest BCUT2D eigenvalue weighted by Gasteiger charge is -2.34. The molecule has 0 heterocycles. The lowest BCUT2D eigenvalue weighted by atomic mass is 10.0. The molecular weight excluding hydrogens is 522 g/mol. The number of carbonyl (C=O) groups is 2. The molecule has 40 heavy (non-hydrogen) atoms. The second kappa shape index (κ2) is 13.6. The minimum atomic E-state index is -3.80. The van der Waals surface area contributed by atoms with E-state index in [1.807, 2.05) is 95.3 Å². The van der Waals surface area contributed by atoms with Crippen molar-refractivity contribution in [3.63, 3.8) is 0 Å². The summed E-state index contributed by atoms with van der Waals surface area (Å²) >= 11 is 0. The van der Waals surface area contributed by atoms with Crippen LogP contribution in [0.4, 0.5) is 5.69 Å². The predicted molar refractivity (Wildman–Crippen MR) is 162 cm³/mol. The van der Waals surface area contributed by atoms with Crippen LogP contribution in [0.15, 0.2) is 72.8 Å². The summed E-state index contributed by atoms with van der Waals surface area (Å²) in [6.07, 6.45) is 2.13. The Morgan fingerprint density at radius 1 is 0.875 bits per heavy atom. The van der Waals surface area contributed by atoms with Crippen molar-refractivity contribution in [3.05, 3.63) is 101 Å². The summed E-state index contributed by atoms with van der Waals surface area (Å²) < 4.78 is 27.0. The number of hydrogen-bond donors (Lipinski definition) is 1. The van der Waals surface area contributed by atoms with Crippen molar-refractivity contribution in [1.82, 2.24) is 10.2 Å². The summed E-state index contributed by atoms with van der Waals surface area (Å²) in [5.74, 6) is -0.721. The van der Waals surface area contributed by atoms with Crippen LogP contribution < -0.4 is 9.62 Å². The van der Waals surface area contributed by atoms with Gasteiger partial charge in [-0.25, -0.2) is 8.42 Å². The van der Waals surface area contributed by atoms with Gasteiger partial charge in [0.25, 0.3) is 0 Å². The topological polar surface area (TPSA) is 86.8 Å². The smallest absolute Gasteiger partial charge is 0.244 e. The van der Waals surface area contributed by atoms with Crippen LogP contribution >= 0.6 is 0 Å². The summed E-state index contributed by atoms with van der Waals surface area (Å²) in [6.45, 7) is 9.47. The van der Waals surface area contributed by atoms with Crippen molar-refractivity contribution in [3.8, 4) is 0 Å². The fourth-order valence-electron chi connectivity index (χ4n) is 4.50. The highest BCUT2D eigenvalue weighted by atomic mass is 32.2. The molecule has 0 saturated heterocycles. The third kappa shape index (κ3) is 8.42. The Hall–Kier alpha value is -3.65. The van der Waals surface area contributed by atoms with Crippen molar-refractivity contribution in [2.75, 3.05) is 17.1 Å². The van der Waals surface area contributed by atoms with Gasteiger partial charge in [0.15, 0.2) is 0 Å². The molecular formula is C32H41N3O4S. The Morgan fingerprint density at radius 2 is 1.55 bits per heavy atom. The number of nitrogens with zero attached hydrogens (tertiary/aromatic N) is 2. The second-order valence-corrected chi connectivity index (χ2v) is 12.5. The number of anilines is 1. The minimum absolute atomic E-state index is 0.0789. The number of amides is 2. The van der Waals surface area contributed by atoms with Crippen LogP contribution in [-0.4, -0.2) is 50.0 Å². The monoisotopic (exact) mass is 563 g/mol. The lowest BCUT2D eigenvalue weighted by molar-refractivity contribution is -0.140. The van der Waals surface area contributed by atoms with E-state index < -0.39 is 28.5 Å². The van der Waals surface area contributed by atoms with E-state index in [9.17, 15) is 18.0 Å². The molecule has 2 atom stereocenters. The van der Waals surface area contributed by atoms with Crippen LogP contribution in [0.1, 0.15) is 48.1 Å². The van der Waals surface area contributed by atoms with E-state index in [4.69, 9.17) is 0 Å². The maximum absolute atomic E-state index is 14.1. The molecule has 0 bridgehead atoms. The molecule has 0 aromatic heterocycles. The average Bonchev–Trinajstić information content (AvgIpc) is 2.90. The normalized spacial score (nSPS) is 12.8. The number of carbonyl (C=O) groups excluding carboxylic acids is 2. The molecule has 0 spiro atoms. The van der Waals surface area contributed by atoms with E-state index in [-0.39, 0.29) is 18.5 Å². The zero-order valence-corrected chi connectivity index (χ0v) is 25.2. The first-order valence-corrected chi connectivity index (χ1v) is 15.5. The molecule has 3 rings (SSSR count). The molecule has 2 amide bonds. The Kier molecular flexibility index (Phi) is 10.5. The first kappa shape index (κ1) is 30.9. The summed E-state index contributed by atoms with van der Waals surface area (Å²) in [4.78, 5) is 29.4. The second-order valence-electron chi connectivity index (χ2n) is 10.6. The molecule has 0 aliphatic carbocycles. The van der Waals surface area contributed by atoms with Gasteiger partial charge in [0.1, 0.15) is 12.6 Å². The number of benzene rings is 3. The molecule has 0 radical (unpaired) electrons. The maximum Gasteiger partial charge on any atom is 0.244 e. The standard InChI is InChI=1S/C32H41N3O4S/c1-7-26(5)33-32(37)30(20-27-13-9-8-10-14-27)34(21-28-15-11-12-23(2)18-28)31(36)22-35(40(6,38)39)29-17-16-24(3)25(4)19-29/h8-19,26,30H,7,20-22H2,1-6H3,(H,33,37)/t26-,30+/m1/s1. The van der Waals surface area contributed by atoms with Crippen molar-refractivity contribution in [2.24, 2.45) is 0 Å². The third-order valence-corrected chi connectivity index (χ3v) is 8.31. The predicted octanol–water partition coefficient (Wildman–Crippen LogP) is 4.93. The fraction of sp³-hybridized carbons (Fsp3) is 0.375. The first-order valence-electron chi connectivity index (χ1n) is 13.6. The quantitative estimate of drug-likeness (QED) is 0.339. The highest BCUT2D eigenvalue weighted by Crippen LogP contribution is 2.23. The van der Waals surface area contributed by atoms with E-state index in [2.05, 4.69) is 5.32 Å². The van der Waals surface area contributed by atoms with Gasteiger partial charge in [-0.05, 0) is 68.5 Å². The Labute approximate surface area is 239 Å². The molecule has 0 fully saturated rings. The van der Waals surface area contributed by atoms with Crippen molar-refractivity contribution in [1.29, 1.82) is 0 Å². The van der Waals surface area contributed by atoms with Crippen LogP contribution in [0, 0.1) is 20.8 Å². The van der Waals surface area contributed by atoms with E-state index in [1.54, 1.807) is 12.1 Å². The SMILES string of the molecule is CC[C@@H](C)NC(=O)[C@H](Cc1ccccc1)N(Cc1cccc(C)c1)C(=O)CN(c1ccc(C)c(C)c1)S(C)(=O)=O. The molecule has 0 aliphatic heterocycles. The molecule has 3 aromatic carbocycles. The number of rotatable bonds is 12. The van der Waals surface area contributed by atoms with Gasteiger partial charge < -0.3 is 10.2 Å². The molecule has 0 saturated carbocycles. The Morgan fingerprint density at radius 3 is 2.15 bits per heavy atom. The van der Waals surface area contributed by atoms with Crippen LogP contribution in [0.25, 0.3) is 0 Å². The Balaban J connectivity index is 2.07. The van der Waals surface area contributed by atoms with Gasteiger partial charge in [0.05, 0.1) is 11.9 Å². The number of sulfonamides is 1. The van der Waals surface area contributed by atoms with Gasteiger partial charge in [-0.1, -0.05) is 73.2 Å². The maximum atomic E-state index is 14.1. The molecule has 0 unspecified atom stereocenters. The number of nitrogens with one attached hydrogen (secondary N) is 1. The highest BCUT2D eigenvalue weighted by Gasteiger charge is 2.33. The van der Waals surface area contributed by atoms with Gasteiger partial charge in [-0.3, -0.25) is 13.9 Å². The molecule has 0 aliphatic rings. The van der Waals surface area contributed by atoms with Crippen molar-refractivity contribution in [2.45, 2.75) is 66.1 Å².